The molecule has 3 rings (SSSR count). The number of urea groups is 1. The smallest absolute Gasteiger partial charge is 0.334 e. The summed E-state index contributed by atoms with van der Waals surface area (Å²) in [6.07, 6.45) is -1.64. The number of hydrogen-bond acceptors (Lipinski definition) is 3. The van der Waals surface area contributed by atoms with Crippen LogP contribution in [0.2, 0.25) is 0 Å². The lowest BCUT2D eigenvalue weighted by Crippen LogP contribution is -2.31. The largest absolute Gasteiger partial charge is 0.416 e. The van der Waals surface area contributed by atoms with Gasteiger partial charge in [-0.05, 0) is 29.8 Å². The molecule has 0 aliphatic rings. The number of alkyl halides is 3. The first-order chi connectivity index (χ1) is 12.3. The number of fused-ring (bicyclic) bond motifs is 1. The topological polar surface area (TPSA) is 75.5 Å². The lowest BCUT2D eigenvalue weighted by Gasteiger charge is -2.10. The molecule has 0 aliphatic carbocycles. The molecule has 1 aromatic carbocycles. The number of anilines is 1. The highest BCUT2D eigenvalue weighted by molar-refractivity contribution is 5.88. The molecule has 0 bridgehead atoms. The Balaban J connectivity index is 1.64. The van der Waals surface area contributed by atoms with Gasteiger partial charge in [-0.15, -0.1) is 0 Å². The molecule has 26 heavy (non-hydrogen) atoms. The minimum absolute atomic E-state index is 0.00626. The van der Waals surface area contributed by atoms with Crippen LogP contribution in [0.15, 0.2) is 59.7 Å². The number of benzene rings is 1. The van der Waals surface area contributed by atoms with E-state index in [1.54, 1.807) is 18.2 Å². The number of amides is 2. The molecule has 2 aromatic heterocycles. The van der Waals surface area contributed by atoms with E-state index in [2.05, 4.69) is 15.6 Å². The van der Waals surface area contributed by atoms with Crippen molar-refractivity contribution in [1.29, 1.82) is 0 Å². The molecule has 6 nitrogen and oxygen atoms in total. The maximum atomic E-state index is 12.5. The van der Waals surface area contributed by atoms with Crippen LogP contribution in [0.4, 0.5) is 23.7 Å². The molecule has 2 N–H and O–H groups in total. The summed E-state index contributed by atoms with van der Waals surface area (Å²) in [5.74, 6) is 0. The number of rotatable bonds is 3. The van der Waals surface area contributed by atoms with E-state index in [0.29, 0.717) is 11.2 Å². The number of nitrogens with zero attached hydrogens (tertiary/aromatic N) is 2. The van der Waals surface area contributed by atoms with E-state index in [0.717, 1.165) is 12.1 Å². The van der Waals surface area contributed by atoms with Gasteiger partial charge in [-0.3, -0.25) is 9.20 Å². The Morgan fingerprint density at radius 3 is 2.54 bits per heavy atom. The number of halogens is 3. The summed E-state index contributed by atoms with van der Waals surface area (Å²) in [5.41, 5.74) is -0.297. The summed E-state index contributed by atoms with van der Waals surface area (Å²) >= 11 is 0. The van der Waals surface area contributed by atoms with Crippen molar-refractivity contribution >= 4 is 17.4 Å². The molecule has 0 saturated carbocycles. The first kappa shape index (κ1) is 17.5. The van der Waals surface area contributed by atoms with Crippen molar-refractivity contribution in [3.8, 4) is 0 Å². The molecule has 0 spiro atoms. The lowest BCUT2D eigenvalue weighted by molar-refractivity contribution is -0.137. The van der Waals surface area contributed by atoms with E-state index in [9.17, 15) is 22.8 Å². The molecule has 0 fully saturated rings. The fraction of sp³-hybridized carbons (Fsp3) is 0.118. The van der Waals surface area contributed by atoms with Crippen LogP contribution >= 0.6 is 0 Å². The van der Waals surface area contributed by atoms with Crippen molar-refractivity contribution in [3.63, 3.8) is 0 Å². The van der Waals surface area contributed by atoms with E-state index in [1.165, 1.54) is 28.9 Å². The molecule has 2 heterocycles. The fourth-order valence-electron chi connectivity index (χ4n) is 2.27. The molecule has 0 unspecified atom stereocenters. The second-order valence-electron chi connectivity index (χ2n) is 5.41. The standard InChI is InChI=1S/C17H13F3N4O2/c18-17(19,20)12-6-4-11(5-7-12)9-22-16(26)23-13-10-21-14-3-1-2-8-24(14)15(13)25/h1-8,10H,9H2,(H2,22,23,26). The third-order valence-electron chi connectivity index (χ3n) is 3.60. The third kappa shape index (κ3) is 3.82. The van der Waals surface area contributed by atoms with Gasteiger partial charge in [0.05, 0.1) is 11.8 Å². The van der Waals surface area contributed by atoms with Crippen LogP contribution in [0.1, 0.15) is 11.1 Å². The van der Waals surface area contributed by atoms with E-state index in [4.69, 9.17) is 0 Å². The molecule has 0 saturated heterocycles. The number of nitrogens with one attached hydrogen (secondary N) is 2. The Bertz CT molecular complexity index is 997. The predicted octanol–water partition coefficient (Wildman–Crippen LogP) is 3.04. The fourth-order valence-corrected chi connectivity index (χ4v) is 2.27. The Labute approximate surface area is 145 Å². The van der Waals surface area contributed by atoms with Gasteiger partial charge in [-0.25, -0.2) is 9.78 Å². The first-order valence-electron chi connectivity index (χ1n) is 7.52. The monoisotopic (exact) mass is 362 g/mol. The molecular weight excluding hydrogens is 349 g/mol. The van der Waals surface area contributed by atoms with Crippen molar-refractivity contribution < 1.29 is 18.0 Å². The van der Waals surface area contributed by atoms with Gasteiger partial charge in [0.25, 0.3) is 5.56 Å². The van der Waals surface area contributed by atoms with Crippen molar-refractivity contribution in [2.45, 2.75) is 12.7 Å². The number of hydrogen-bond donors (Lipinski definition) is 2. The molecular formula is C17H13F3N4O2. The molecule has 3 aromatic rings. The van der Waals surface area contributed by atoms with Crippen LogP contribution in [0, 0.1) is 0 Å². The van der Waals surface area contributed by atoms with E-state index < -0.39 is 23.3 Å². The number of aromatic nitrogens is 2. The summed E-state index contributed by atoms with van der Waals surface area (Å²) in [6, 6.07) is 8.79. The first-order valence-corrected chi connectivity index (χ1v) is 7.52. The zero-order valence-electron chi connectivity index (χ0n) is 13.2. The summed E-state index contributed by atoms with van der Waals surface area (Å²) in [4.78, 5) is 28.2. The van der Waals surface area contributed by atoms with E-state index >= 15 is 0 Å². The van der Waals surface area contributed by atoms with Crippen LogP contribution in [0.25, 0.3) is 5.65 Å². The van der Waals surface area contributed by atoms with Gasteiger partial charge in [0.1, 0.15) is 11.3 Å². The number of pyridine rings is 1. The summed E-state index contributed by atoms with van der Waals surface area (Å²) in [7, 11) is 0. The zero-order chi connectivity index (χ0) is 18.7. The quantitative estimate of drug-likeness (QED) is 0.752. The van der Waals surface area contributed by atoms with Gasteiger partial charge < -0.3 is 10.6 Å². The minimum Gasteiger partial charge on any atom is -0.334 e. The van der Waals surface area contributed by atoms with Crippen molar-refractivity contribution in [2.75, 3.05) is 5.32 Å². The second kappa shape index (κ2) is 6.87. The predicted molar refractivity (Wildman–Crippen MR) is 88.8 cm³/mol. The van der Waals surface area contributed by atoms with Crippen LogP contribution in [-0.4, -0.2) is 15.4 Å². The van der Waals surface area contributed by atoms with Gasteiger partial charge >= 0.3 is 12.2 Å². The number of carbonyl (C=O) groups excluding carboxylic acids is 1. The maximum absolute atomic E-state index is 12.5. The second-order valence-corrected chi connectivity index (χ2v) is 5.41. The molecule has 0 aliphatic heterocycles. The zero-order valence-corrected chi connectivity index (χ0v) is 13.2. The van der Waals surface area contributed by atoms with Crippen LogP contribution in [0.3, 0.4) is 0 Å². The SMILES string of the molecule is O=C(NCc1ccc(C(F)(F)F)cc1)Nc1cnc2ccccn2c1=O. The highest BCUT2D eigenvalue weighted by Gasteiger charge is 2.29. The van der Waals surface area contributed by atoms with Crippen LogP contribution < -0.4 is 16.2 Å². The van der Waals surface area contributed by atoms with Crippen LogP contribution in [-0.2, 0) is 12.7 Å². The maximum Gasteiger partial charge on any atom is 0.416 e. The van der Waals surface area contributed by atoms with Crippen molar-refractivity contribution in [3.05, 3.63) is 76.3 Å². The Morgan fingerprint density at radius 1 is 1.12 bits per heavy atom. The highest BCUT2D eigenvalue weighted by Crippen LogP contribution is 2.29. The third-order valence-corrected chi connectivity index (χ3v) is 3.60. The minimum atomic E-state index is -4.41. The Hall–Kier alpha value is -3.36. The van der Waals surface area contributed by atoms with Gasteiger partial charge in [0, 0.05) is 12.7 Å². The molecule has 2 amide bonds. The highest BCUT2D eigenvalue weighted by atomic mass is 19.4. The average Bonchev–Trinajstić information content (AvgIpc) is 2.62. The van der Waals surface area contributed by atoms with E-state index in [1.807, 2.05) is 0 Å². The van der Waals surface area contributed by atoms with Gasteiger partial charge in [0.2, 0.25) is 0 Å². The molecule has 0 radical (unpaired) electrons. The van der Waals surface area contributed by atoms with Gasteiger partial charge in [-0.1, -0.05) is 18.2 Å². The van der Waals surface area contributed by atoms with Crippen molar-refractivity contribution in [2.24, 2.45) is 0 Å². The van der Waals surface area contributed by atoms with Crippen molar-refractivity contribution in [1.82, 2.24) is 14.7 Å². The normalized spacial score (nSPS) is 11.3. The average molecular weight is 362 g/mol. The Morgan fingerprint density at radius 2 is 1.85 bits per heavy atom. The lowest BCUT2D eigenvalue weighted by atomic mass is 10.1. The summed E-state index contributed by atoms with van der Waals surface area (Å²) in [5, 5.41) is 4.86. The van der Waals surface area contributed by atoms with Crippen LogP contribution in [0.5, 0.6) is 0 Å². The molecule has 134 valence electrons. The van der Waals surface area contributed by atoms with Gasteiger partial charge in [0.15, 0.2) is 0 Å². The summed E-state index contributed by atoms with van der Waals surface area (Å²) < 4.78 is 38.8. The number of carbonyl (C=O) groups is 1. The van der Waals surface area contributed by atoms with E-state index in [-0.39, 0.29) is 12.2 Å². The summed E-state index contributed by atoms with van der Waals surface area (Å²) in [6.45, 7) is 0.00626. The Kier molecular flexibility index (Phi) is 4.61. The van der Waals surface area contributed by atoms with Gasteiger partial charge in [-0.2, -0.15) is 13.2 Å². The molecule has 9 heteroatoms. The molecule has 0 atom stereocenters.